The summed E-state index contributed by atoms with van der Waals surface area (Å²) in [6.45, 7) is 2.21. The molecule has 4 amide bonds. The summed E-state index contributed by atoms with van der Waals surface area (Å²) in [5, 5.41) is 2.54. The van der Waals surface area contributed by atoms with Gasteiger partial charge in [-0.15, -0.1) is 0 Å². The third kappa shape index (κ3) is 6.91. The van der Waals surface area contributed by atoms with Gasteiger partial charge in [0.15, 0.2) is 11.5 Å². The lowest BCUT2D eigenvalue weighted by Crippen LogP contribution is -2.54. The zero-order valence-corrected chi connectivity index (χ0v) is 24.8. The van der Waals surface area contributed by atoms with Crippen LogP contribution in [-0.4, -0.2) is 32.9 Å². The number of nitrogens with one attached hydrogen (secondary N) is 1. The monoisotopic (exact) mass is 632 g/mol. The maximum atomic E-state index is 13.4. The van der Waals surface area contributed by atoms with Crippen LogP contribution >= 0.6 is 11.6 Å². The molecule has 224 valence electrons. The van der Waals surface area contributed by atoms with Gasteiger partial charge in [0.2, 0.25) is 0 Å². The van der Waals surface area contributed by atoms with Crippen molar-refractivity contribution in [3.63, 3.8) is 0 Å². The van der Waals surface area contributed by atoms with E-state index in [0.717, 1.165) is 10.5 Å². The highest BCUT2D eigenvalue weighted by molar-refractivity contribution is 7.87. The Morgan fingerprint density at radius 1 is 0.841 bits per heavy atom. The number of rotatable bonds is 10. The van der Waals surface area contributed by atoms with E-state index < -0.39 is 28.0 Å². The SMILES string of the molecule is CCOc1cc(/C=C2\C(=O)NC(=O)N(c3ccc(OCc4ccccc4)cc3)C2=O)ccc1OS(=O)(=O)c1ccc(Cl)cc1. The highest BCUT2D eigenvalue weighted by Crippen LogP contribution is 2.33. The Morgan fingerprint density at radius 2 is 1.55 bits per heavy atom. The molecule has 1 fully saturated rings. The van der Waals surface area contributed by atoms with Gasteiger partial charge in [0, 0.05) is 5.02 Å². The molecular formula is C32H25ClN2O8S. The second-order valence-corrected chi connectivity index (χ2v) is 11.3. The lowest BCUT2D eigenvalue weighted by molar-refractivity contribution is -0.122. The summed E-state index contributed by atoms with van der Waals surface area (Å²) in [7, 11) is -4.22. The van der Waals surface area contributed by atoms with E-state index in [4.69, 9.17) is 25.3 Å². The summed E-state index contributed by atoms with van der Waals surface area (Å²) in [6.07, 6.45) is 1.27. The van der Waals surface area contributed by atoms with Crippen molar-refractivity contribution in [2.24, 2.45) is 0 Å². The first-order chi connectivity index (χ1) is 21.1. The van der Waals surface area contributed by atoms with E-state index in [1.165, 1.54) is 60.7 Å². The largest absolute Gasteiger partial charge is 0.490 e. The molecule has 44 heavy (non-hydrogen) atoms. The molecule has 0 unspecified atom stereocenters. The Kier molecular flexibility index (Phi) is 8.98. The van der Waals surface area contributed by atoms with Crippen LogP contribution < -0.4 is 23.9 Å². The minimum atomic E-state index is -4.22. The Balaban J connectivity index is 1.37. The number of carbonyl (C=O) groups excluding carboxylic acids is 3. The molecule has 0 saturated carbocycles. The molecule has 0 radical (unpaired) electrons. The molecule has 4 aromatic carbocycles. The second kappa shape index (κ2) is 13.0. The molecule has 1 N–H and O–H groups in total. The van der Waals surface area contributed by atoms with E-state index in [1.807, 2.05) is 30.3 Å². The van der Waals surface area contributed by atoms with Gasteiger partial charge in [-0.25, -0.2) is 9.69 Å². The van der Waals surface area contributed by atoms with Crippen LogP contribution in [0.25, 0.3) is 6.08 Å². The van der Waals surface area contributed by atoms with Gasteiger partial charge in [-0.2, -0.15) is 8.42 Å². The van der Waals surface area contributed by atoms with Crippen molar-refractivity contribution in [2.45, 2.75) is 18.4 Å². The summed E-state index contributed by atoms with van der Waals surface area (Å²) < 4.78 is 42.3. The predicted molar refractivity (Wildman–Crippen MR) is 163 cm³/mol. The summed E-state index contributed by atoms with van der Waals surface area (Å²) in [4.78, 5) is 39.5. The predicted octanol–water partition coefficient (Wildman–Crippen LogP) is 5.75. The van der Waals surface area contributed by atoms with Crippen LogP contribution in [0.2, 0.25) is 5.02 Å². The average Bonchev–Trinajstić information content (AvgIpc) is 3.01. The number of hydrogen-bond acceptors (Lipinski definition) is 8. The smallest absolute Gasteiger partial charge is 0.339 e. The molecule has 0 spiro atoms. The standard InChI is InChI=1S/C32H25ClN2O8S/c1-2-41-29-19-22(8-17-28(29)43-44(39,40)26-15-9-23(33)10-16-26)18-27-30(36)34-32(38)35(31(27)37)24-11-13-25(14-12-24)42-20-21-6-4-3-5-7-21/h3-19H,2,20H2,1H3,(H,34,36,38)/b27-18+. The summed E-state index contributed by atoms with van der Waals surface area (Å²) in [5.41, 5.74) is 1.20. The van der Waals surface area contributed by atoms with Crippen LogP contribution in [0.3, 0.4) is 0 Å². The van der Waals surface area contributed by atoms with E-state index in [-0.39, 0.29) is 34.3 Å². The number of hydrogen-bond donors (Lipinski definition) is 1. The molecule has 12 heteroatoms. The highest BCUT2D eigenvalue weighted by atomic mass is 35.5. The van der Waals surface area contributed by atoms with Crippen LogP contribution in [0.15, 0.2) is 108 Å². The summed E-state index contributed by atoms with van der Waals surface area (Å²) in [5.74, 6) is -1.25. The highest BCUT2D eigenvalue weighted by Gasteiger charge is 2.37. The van der Waals surface area contributed by atoms with Gasteiger partial charge < -0.3 is 13.7 Å². The van der Waals surface area contributed by atoms with Crippen molar-refractivity contribution in [2.75, 3.05) is 11.5 Å². The van der Waals surface area contributed by atoms with Crippen molar-refractivity contribution in [3.8, 4) is 17.2 Å². The second-order valence-electron chi connectivity index (χ2n) is 9.36. The summed E-state index contributed by atoms with van der Waals surface area (Å²) in [6, 6.07) is 24.6. The third-order valence-corrected chi connectivity index (χ3v) is 7.83. The number of halogens is 1. The molecule has 10 nitrogen and oxygen atoms in total. The molecule has 1 aliphatic rings. The van der Waals surface area contributed by atoms with Gasteiger partial charge in [0.25, 0.3) is 11.8 Å². The van der Waals surface area contributed by atoms with Gasteiger partial charge in [-0.3, -0.25) is 14.9 Å². The van der Waals surface area contributed by atoms with Crippen LogP contribution in [0.5, 0.6) is 17.2 Å². The Morgan fingerprint density at radius 3 is 2.23 bits per heavy atom. The van der Waals surface area contributed by atoms with Crippen molar-refractivity contribution < 1.29 is 36.5 Å². The van der Waals surface area contributed by atoms with Crippen LogP contribution in [0.4, 0.5) is 10.5 Å². The van der Waals surface area contributed by atoms with Crippen LogP contribution in [-0.2, 0) is 26.3 Å². The number of imide groups is 2. The fraction of sp³-hybridized carbons (Fsp3) is 0.0938. The molecule has 1 heterocycles. The van der Waals surface area contributed by atoms with Gasteiger partial charge >= 0.3 is 16.1 Å². The zero-order valence-electron chi connectivity index (χ0n) is 23.2. The van der Waals surface area contributed by atoms with E-state index in [2.05, 4.69) is 5.32 Å². The minimum Gasteiger partial charge on any atom is -0.490 e. The first-order valence-electron chi connectivity index (χ1n) is 13.3. The van der Waals surface area contributed by atoms with Crippen molar-refractivity contribution >= 4 is 51.3 Å². The van der Waals surface area contributed by atoms with Crippen molar-refractivity contribution in [1.82, 2.24) is 5.32 Å². The maximum absolute atomic E-state index is 13.4. The normalized spacial score (nSPS) is 14.4. The molecule has 0 bridgehead atoms. The molecule has 0 atom stereocenters. The molecule has 1 saturated heterocycles. The van der Waals surface area contributed by atoms with Crippen LogP contribution in [0, 0.1) is 0 Å². The fourth-order valence-corrected chi connectivity index (χ4v) is 5.28. The molecule has 1 aliphatic heterocycles. The van der Waals surface area contributed by atoms with Gasteiger partial charge in [-0.1, -0.05) is 48.0 Å². The number of urea groups is 1. The Labute approximate surface area is 258 Å². The maximum Gasteiger partial charge on any atom is 0.339 e. The number of anilines is 1. The molecule has 5 rings (SSSR count). The summed E-state index contributed by atoms with van der Waals surface area (Å²) >= 11 is 5.86. The fourth-order valence-electron chi connectivity index (χ4n) is 4.21. The first-order valence-corrected chi connectivity index (χ1v) is 15.1. The Hall–Kier alpha value is -5.13. The van der Waals surface area contributed by atoms with E-state index in [9.17, 15) is 22.8 Å². The van der Waals surface area contributed by atoms with Crippen molar-refractivity contribution in [1.29, 1.82) is 0 Å². The van der Waals surface area contributed by atoms with Gasteiger partial charge in [-0.05, 0) is 84.8 Å². The van der Waals surface area contributed by atoms with Gasteiger partial charge in [0.1, 0.15) is 22.8 Å². The average molecular weight is 633 g/mol. The lowest BCUT2D eigenvalue weighted by atomic mass is 10.1. The number of nitrogens with zero attached hydrogens (tertiary/aromatic N) is 1. The van der Waals surface area contributed by atoms with E-state index >= 15 is 0 Å². The molecule has 0 aliphatic carbocycles. The molecule has 0 aromatic heterocycles. The minimum absolute atomic E-state index is 0.0575. The third-order valence-electron chi connectivity index (χ3n) is 6.33. The molecule has 4 aromatic rings. The zero-order chi connectivity index (χ0) is 31.3. The number of amides is 4. The number of ether oxygens (including phenoxy) is 2. The first kappa shape index (κ1) is 30.3. The van der Waals surface area contributed by atoms with E-state index in [0.29, 0.717) is 22.9 Å². The van der Waals surface area contributed by atoms with Crippen molar-refractivity contribution in [3.05, 3.63) is 119 Å². The number of carbonyl (C=O) groups is 3. The lowest BCUT2D eigenvalue weighted by Gasteiger charge is -2.26. The van der Waals surface area contributed by atoms with Crippen LogP contribution in [0.1, 0.15) is 18.1 Å². The van der Waals surface area contributed by atoms with E-state index in [1.54, 1.807) is 19.1 Å². The Bertz CT molecular complexity index is 1840. The number of benzene rings is 4. The topological polar surface area (TPSA) is 128 Å². The van der Waals surface area contributed by atoms with Gasteiger partial charge in [0.05, 0.1) is 12.3 Å². The quantitative estimate of drug-likeness (QED) is 0.133. The molecular weight excluding hydrogens is 608 g/mol. The number of barbiturate groups is 1.